The van der Waals surface area contributed by atoms with Crippen LogP contribution in [0.15, 0.2) is 24.3 Å². The molecule has 0 bridgehead atoms. The molecule has 1 aromatic rings. The molecule has 1 aromatic carbocycles. The molecule has 0 unspecified atom stereocenters. The van der Waals surface area contributed by atoms with E-state index in [4.69, 9.17) is 4.74 Å². The zero-order valence-corrected chi connectivity index (χ0v) is 19.5. The van der Waals surface area contributed by atoms with E-state index in [1.165, 1.54) is 12.1 Å². The van der Waals surface area contributed by atoms with Gasteiger partial charge in [0.15, 0.2) is 5.78 Å². The number of likely N-dealkylation sites (tertiary alicyclic amines) is 1. The second-order valence-corrected chi connectivity index (χ2v) is 9.31. The molecular formula is C25H38FN3O3. The van der Waals surface area contributed by atoms with E-state index < -0.39 is 0 Å². The van der Waals surface area contributed by atoms with E-state index >= 15 is 0 Å². The largest absolute Gasteiger partial charge is 0.379 e. The molecular weight excluding hydrogens is 409 g/mol. The van der Waals surface area contributed by atoms with Gasteiger partial charge in [0.1, 0.15) is 5.82 Å². The van der Waals surface area contributed by atoms with Gasteiger partial charge in [0, 0.05) is 32.3 Å². The summed E-state index contributed by atoms with van der Waals surface area (Å²) in [5.74, 6) is 0.690. The van der Waals surface area contributed by atoms with Crippen molar-refractivity contribution in [3.63, 3.8) is 0 Å². The molecule has 2 aliphatic rings. The number of piperidine rings is 1. The smallest absolute Gasteiger partial charge is 0.317 e. The summed E-state index contributed by atoms with van der Waals surface area (Å²) < 4.78 is 18.7. The summed E-state index contributed by atoms with van der Waals surface area (Å²) in [6, 6.07) is 5.75. The molecule has 2 fully saturated rings. The van der Waals surface area contributed by atoms with Crippen LogP contribution in [0.25, 0.3) is 0 Å². The van der Waals surface area contributed by atoms with Crippen molar-refractivity contribution in [1.29, 1.82) is 0 Å². The number of carbonyl (C=O) groups excluding carboxylic acids is 2. The molecule has 2 amide bonds. The first-order chi connectivity index (χ1) is 15.4. The van der Waals surface area contributed by atoms with Gasteiger partial charge in [0.2, 0.25) is 0 Å². The zero-order chi connectivity index (χ0) is 22.9. The van der Waals surface area contributed by atoms with Crippen LogP contribution in [0.3, 0.4) is 0 Å². The number of amides is 2. The quantitative estimate of drug-likeness (QED) is 0.582. The van der Waals surface area contributed by atoms with Crippen molar-refractivity contribution in [2.24, 2.45) is 11.8 Å². The average Bonchev–Trinajstić information content (AvgIpc) is 2.80. The number of hydrogen-bond donors (Lipinski definition) is 1. The Morgan fingerprint density at radius 2 is 1.72 bits per heavy atom. The highest BCUT2D eigenvalue weighted by Gasteiger charge is 2.25. The summed E-state index contributed by atoms with van der Waals surface area (Å²) in [6.45, 7) is 6.35. The summed E-state index contributed by atoms with van der Waals surface area (Å²) in [5, 5.41) is 3.11. The molecule has 1 aliphatic heterocycles. The normalized spacial score (nSPS) is 22.5. The van der Waals surface area contributed by atoms with Crippen molar-refractivity contribution >= 4 is 11.8 Å². The molecule has 1 aliphatic carbocycles. The molecule has 3 rings (SSSR count). The topological polar surface area (TPSA) is 61.9 Å². The fourth-order valence-corrected chi connectivity index (χ4v) is 4.83. The van der Waals surface area contributed by atoms with E-state index in [1.54, 1.807) is 17.0 Å². The van der Waals surface area contributed by atoms with Crippen molar-refractivity contribution in [2.75, 3.05) is 46.4 Å². The molecule has 178 valence electrons. The fourth-order valence-electron chi connectivity index (χ4n) is 4.83. The highest BCUT2D eigenvalue weighted by Crippen LogP contribution is 2.25. The van der Waals surface area contributed by atoms with Gasteiger partial charge in [-0.2, -0.15) is 0 Å². The summed E-state index contributed by atoms with van der Waals surface area (Å²) >= 11 is 0. The van der Waals surface area contributed by atoms with Gasteiger partial charge in [-0.1, -0.05) is 0 Å². The van der Waals surface area contributed by atoms with E-state index in [-0.39, 0.29) is 17.6 Å². The highest BCUT2D eigenvalue weighted by molar-refractivity contribution is 5.97. The molecule has 1 saturated carbocycles. The number of ether oxygens (including phenoxy) is 1. The van der Waals surface area contributed by atoms with Gasteiger partial charge in [-0.15, -0.1) is 0 Å². The second-order valence-electron chi connectivity index (χ2n) is 9.31. The number of hydrogen-bond acceptors (Lipinski definition) is 4. The Kier molecular flexibility index (Phi) is 9.48. The molecule has 32 heavy (non-hydrogen) atoms. The Hall–Kier alpha value is -1.99. The minimum atomic E-state index is -0.329. The lowest BCUT2D eigenvalue weighted by Gasteiger charge is -2.34. The average molecular weight is 448 g/mol. The van der Waals surface area contributed by atoms with E-state index in [1.807, 2.05) is 14.0 Å². The maximum atomic E-state index is 13.0. The summed E-state index contributed by atoms with van der Waals surface area (Å²) in [7, 11) is 1.87. The van der Waals surface area contributed by atoms with E-state index in [0.717, 1.165) is 71.3 Å². The minimum absolute atomic E-state index is 0.00542. The Morgan fingerprint density at radius 3 is 2.34 bits per heavy atom. The third-order valence-electron chi connectivity index (χ3n) is 6.86. The standard InChI is InChI=1S/C25H38FN3O3/c1-3-32-23-10-4-19(5-11-23)16-27-25(31)28(2)17-20-12-14-29(15-13-20)18-24(30)21-6-8-22(26)9-7-21/h6-9,19-20,23H,3-5,10-18H2,1-2H3,(H,27,31)/t19-,23+. The lowest BCUT2D eigenvalue weighted by atomic mass is 9.87. The molecule has 0 radical (unpaired) electrons. The van der Waals surface area contributed by atoms with Gasteiger partial charge >= 0.3 is 6.03 Å². The number of carbonyl (C=O) groups is 2. The maximum absolute atomic E-state index is 13.0. The highest BCUT2D eigenvalue weighted by atomic mass is 19.1. The molecule has 1 saturated heterocycles. The third-order valence-corrected chi connectivity index (χ3v) is 6.86. The van der Waals surface area contributed by atoms with Crippen molar-refractivity contribution in [1.82, 2.24) is 15.1 Å². The molecule has 0 aromatic heterocycles. The van der Waals surface area contributed by atoms with Crippen molar-refractivity contribution in [2.45, 2.75) is 51.6 Å². The Morgan fingerprint density at radius 1 is 1.06 bits per heavy atom. The van der Waals surface area contributed by atoms with Crippen molar-refractivity contribution in [3.8, 4) is 0 Å². The minimum Gasteiger partial charge on any atom is -0.379 e. The van der Waals surface area contributed by atoms with Crippen LogP contribution in [0.5, 0.6) is 0 Å². The Balaban J connectivity index is 1.31. The predicted octanol–water partition coefficient (Wildman–Crippen LogP) is 3.96. The Bertz CT molecular complexity index is 726. The molecule has 6 nitrogen and oxygen atoms in total. The first-order valence-corrected chi connectivity index (χ1v) is 12.1. The lowest BCUT2D eigenvalue weighted by Crippen LogP contribution is -2.45. The molecule has 0 atom stereocenters. The van der Waals surface area contributed by atoms with Crippen LogP contribution in [0.4, 0.5) is 9.18 Å². The number of rotatable bonds is 9. The number of nitrogens with one attached hydrogen (secondary N) is 1. The zero-order valence-electron chi connectivity index (χ0n) is 19.5. The SMILES string of the molecule is CCO[C@H]1CC[C@@H](CNC(=O)N(C)CC2CCN(CC(=O)c3ccc(F)cc3)CC2)CC1. The summed E-state index contributed by atoms with van der Waals surface area (Å²) in [6.07, 6.45) is 6.74. The van der Waals surface area contributed by atoms with E-state index in [2.05, 4.69) is 10.2 Å². The van der Waals surface area contributed by atoms with Crippen LogP contribution in [0, 0.1) is 17.7 Å². The van der Waals surface area contributed by atoms with E-state index in [0.29, 0.717) is 30.0 Å². The summed E-state index contributed by atoms with van der Waals surface area (Å²) in [5.41, 5.74) is 0.552. The van der Waals surface area contributed by atoms with Gasteiger partial charge in [0.05, 0.1) is 12.6 Å². The van der Waals surface area contributed by atoms with E-state index in [9.17, 15) is 14.0 Å². The van der Waals surface area contributed by atoms with Crippen LogP contribution < -0.4 is 5.32 Å². The van der Waals surface area contributed by atoms with Crippen molar-refractivity contribution in [3.05, 3.63) is 35.6 Å². The third kappa shape index (κ3) is 7.55. The van der Waals surface area contributed by atoms with Crippen LogP contribution in [-0.4, -0.2) is 74.1 Å². The molecule has 7 heteroatoms. The van der Waals surface area contributed by atoms with Crippen molar-refractivity contribution < 1.29 is 18.7 Å². The van der Waals surface area contributed by atoms with Gasteiger partial charge in [-0.3, -0.25) is 9.69 Å². The Labute approximate surface area is 191 Å². The van der Waals surface area contributed by atoms with Gasteiger partial charge in [0.25, 0.3) is 0 Å². The van der Waals surface area contributed by atoms with Crippen LogP contribution in [0.1, 0.15) is 55.8 Å². The number of benzene rings is 1. The number of Topliss-reactive ketones (excluding diaryl/α,β-unsaturated/α-hetero) is 1. The fraction of sp³-hybridized carbons (Fsp3) is 0.680. The molecule has 1 heterocycles. The van der Waals surface area contributed by atoms with Crippen LogP contribution in [0.2, 0.25) is 0 Å². The lowest BCUT2D eigenvalue weighted by molar-refractivity contribution is 0.0259. The van der Waals surface area contributed by atoms with Crippen LogP contribution >= 0.6 is 0 Å². The predicted molar refractivity (Wildman–Crippen MR) is 123 cm³/mol. The number of ketones is 1. The molecule has 0 spiro atoms. The number of halogens is 1. The first-order valence-electron chi connectivity index (χ1n) is 12.1. The first kappa shape index (κ1) is 24.6. The molecule has 1 N–H and O–H groups in total. The monoisotopic (exact) mass is 447 g/mol. The van der Waals surface area contributed by atoms with Gasteiger partial charge in [-0.25, -0.2) is 9.18 Å². The van der Waals surface area contributed by atoms with Gasteiger partial charge < -0.3 is 15.0 Å². The maximum Gasteiger partial charge on any atom is 0.317 e. The number of urea groups is 1. The number of nitrogens with zero attached hydrogens (tertiary/aromatic N) is 2. The second kappa shape index (κ2) is 12.3. The van der Waals surface area contributed by atoms with Crippen LogP contribution in [-0.2, 0) is 4.74 Å². The summed E-state index contributed by atoms with van der Waals surface area (Å²) in [4.78, 5) is 28.9. The van der Waals surface area contributed by atoms with Gasteiger partial charge in [-0.05, 0) is 94.6 Å².